The Balaban J connectivity index is 1.85. The number of carbonyl (C=O) groups excluding carboxylic acids is 1. The van der Waals surface area contributed by atoms with E-state index in [0.29, 0.717) is 11.3 Å². The number of hydrogen-bond donors (Lipinski definition) is 2. The van der Waals surface area contributed by atoms with Crippen molar-refractivity contribution in [1.82, 2.24) is 0 Å². The number of furan rings is 1. The number of non-ortho nitro benzene ring substituents is 1. The molecule has 2 N–H and O–H groups in total. The highest BCUT2D eigenvalue weighted by Crippen LogP contribution is 2.34. The van der Waals surface area contributed by atoms with Crippen LogP contribution in [-0.2, 0) is 4.79 Å². The van der Waals surface area contributed by atoms with E-state index in [1.807, 2.05) is 0 Å². The third kappa shape index (κ3) is 4.80. The first-order valence-corrected chi connectivity index (χ1v) is 9.01. The molecule has 0 aliphatic carbocycles. The molecule has 0 aliphatic heterocycles. The number of carbonyl (C=O) groups is 2. The van der Waals surface area contributed by atoms with Gasteiger partial charge in [-0.05, 0) is 36.4 Å². The van der Waals surface area contributed by atoms with Crippen molar-refractivity contribution in [1.29, 1.82) is 5.26 Å². The molecule has 160 valence electrons. The van der Waals surface area contributed by atoms with Gasteiger partial charge in [-0.3, -0.25) is 14.9 Å². The molecule has 0 atom stereocenters. The zero-order valence-corrected chi connectivity index (χ0v) is 16.6. The van der Waals surface area contributed by atoms with E-state index in [0.717, 1.165) is 0 Å². The highest BCUT2D eigenvalue weighted by atomic mass is 16.6. The average molecular weight is 433 g/mol. The monoisotopic (exact) mass is 433 g/mol. The number of nitro groups is 1. The maximum Gasteiger partial charge on any atom is 0.335 e. The van der Waals surface area contributed by atoms with Crippen LogP contribution in [0.1, 0.15) is 16.1 Å². The van der Waals surface area contributed by atoms with Crippen molar-refractivity contribution in [2.75, 3.05) is 12.4 Å². The van der Waals surface area contributed by atoms with Crippen LogP contribution < -0.4 is 10.1 Å². The van der Waals surface area contributed by atoms with Gasteiger partial charge in [0.05, 0.1) is 29.2 Å². The number of amides is 1. The van der Waals surface area contributed by atoms with Crippen LogP contribution in [0, 0.1) is 21.4 Å². The summed E-state index contributed by atoms with van der Waals surface area (Å²) in [6, 6.07) is 14.5. The smallest absolute Gasteiger partial charge is 0.335 e. The molecule has 0 saturated carbocycles. The van der Waals surface area contributed by atoms with E-state index >= 15 is 0 Å². The highest BCUT2D eigenvalue weighted by Gasteiger charge is 2.16. The van der Waals surface area contributed by atoms with Crippen LogP contribution in [0.15, 0.2) is 64.6 Å². The van der Waals surface area contributed by atoms with Crippen molar-refractivity contribution in [2.24, 2.45) is 0 Å². The molecule has 0 spiro atoms. The summed E-state index contributed by atoms with van der Waals surface area (Å²) < 4.78 is 10.9. The Kier molecular flexibility index (Phi) is 6.31. The number of benzene rings is 2. The Bertz CT molecular complexity index is 1280. The highest BCUT2D eigenvalue weighted by molar-refractivity contribution is 6.09. The van der Waals surface area contributed by atoms with E-state index in [-0.39, 0.29) is 34.0 Å². The summed E-state index contributed by atoms with van der Waals surface area (Å²) >= 11 is 0. The number of ether oxygens (including phenoxy) is 1. The van der Waals surface area contributed by atoms with Gasteiger partial charge in [0.1, 0.15) is 28.9 Å². The van der Waals surface area contributed by atoms with Crippen molar-refractivity contribution < 1.29 is 28.8 Å². The largest absolute Gasteiger partial charge is 0.496 e. The maximum atomic E-state index is 12.4. The van der Waals surface area contributed by atoms with Gasteiger partial charge >= 0.3 is 5.97 Å². The first-order valence-electron chi connectivity index (χ1n) is 9.01. The second-order valence-corrected chi connectivity index (χ2v) is 6.35. The fourth-order valence-corrected chi connectivity index (χ4v) is 2.79. The molecule has 0 radical (unpaired) electrons. The van der Waals surface area contributed by atoms with Gasteiger partial charge in [0.15, 0.2) is 0 Å². The topological polar surface area (TPSA) is 156 Å². The lowest BCUT2D eigenvalue weighted by atomic mass is 10.1. The Labute approximate surface area is 181 Å². The lowest BCUT2D eigenvalue weighted by Gasteiger charge is -2.06. The summed E-state index contributed by atoms with van der Waals surface area (Å²) in [6.07, 6.45) is 1.22. The van der Waals surface area contributed by atoms with E-state index in [2.05, 4.69) is 5.32 Å². The van der Waals surface area contributed by atoms with Crippen molar-refractivity contribution in [3.8, 4) is 23.1 Å². The molecule has 1 heterocycles. The third-order valence-corrected chi connectivity index (χ3v) is 4.31. The number of hydrogen-bond acceptors (Lipinski definition) is 7. The number of rotatable bonds is 7. The van der Waals surface area contributed by atoms with Crippen molar-refractivity contribution >= 4 is 29.3 Å². The molecule has 0 saturated heterocycles. The zero-order chi connectivity index (χ0) is 23.3. The van der Waals surface area contributed by atoms with Crippen LogP contribution in [0.25, 0.3) is 17.4 Å². The molecule has 2 aromatic carbocycles. The summed E-state index contributed by atoms with van der Waals surface area (Å²) in [5.74, 6) is -1.18. The second kappa shape index (κ2) is 9.27. The number of nitrogens with one attached hydrogen (secondary N) is 1. The number of nitro benzene ring substituents is 1. The summed E-state index contributed by atoms with van der Waals surface area (Å²) in [7, 11) is 1.36. The van der Waals surface area contributed by atoms with Crippen LogP contribution in [0.3, 0.4) is 0 Å². The fraction of sp³-hybridized carbons (Fsp3) is 0.0455. The molecule has 0 aliphatic rings. The van der Waals surface area contributed by atoms with Crippen LogP contribution in [0.4, 0.5) is 11.4 Å². The molecule has 10 nitrogen and oxygen atoms in total. The van der Waals surface area contributed by atoms with E-state index in [9.17, 15) is 25.0 Å². The summed E-state index contributed by atoms with van der Waals surface area (Å²) in [4.78, 5) is 33.9. The molecule has 0 unspecified atom stereocenters. The predicted octanol–water partition coefficient (Wildman–Crippen LogP) is 4.11. The minimum absolute atomic E-state index is 0.0157. The Morgan fingerprint density at radius 1 is 1.22 bits per heavy atom. The van der Waals surface area contributed by atoms with Gasteiger partial charge < -0.3 is 19.6 Å². The van der Waals surface area contributed by atoms with Gasteiger partial charge in [-0.15, -0.1) is 0 Å². The lowest BCUT2D eigenvalue weighted by molar-refractivity contribution is -0.384. The normalized spacial score (nSPS) is 10.8. The molecule has 0 bridgehead atoms. The van der Waals surface area contributed by atoms with Gasteiger partial charge in [0.2, 0.25) is 0 Å². The van der Waals surface area contributed by atoms with Crippen LogP contribution in [-0.4, -0.2) is 29.0 Å². The number of anilines is 1. The fourth-order valence-electron chi connectivity index (χ4n) is 2.79. The Morgan fingerprint density at radius 2 is 2.00 bits per heavy atom. The van der Waals surface area contributed by atoms with Crippen LogP contribution in [0.2, 0.25) is 0 Å². The number of carboxylic acid groups (broad SMARTS) is 1. The first kappa shape index (κ1) is 21.8. The molecule has 0 fully saturated rings. The maximum absolute atomic E-state index is 12.4. The number of nitrogens with zero attached hydrogens (tertiary/aromatic N) is 2. The molecule has 1 amide bonds. The standard InChI is InChI=1S/C22H15N3O7/c1-31-20-11-16(25(29)30)5-7-18(20)19-8-6-17(32-19)10-14(12-23)21(26)24-15-4-2-3-13(9-15)22(27)28/h2-11H,1H3,(H,24,26)(H,27,28). The average Bonchev–Trinajstić information content (AvgIpc) is 3.25. The number of aromatic carboxylic acids is 1. The summed E-state index contributed by atoms with van der Waals surface area (Å²) in [6.45, 7) is 0. The minimum atomic E-state index is -1.15. The molecule has 3 rings (SSSR count). The van der Waals surface area contributed by atoms with E-state index < -0.39 is 16.8 Å². The number of methoxy groups -OCH3 is 1. The molecule has 10 heteroatoms. The second-order valence-electron chi connectivity index (χ2n) is 6.35. The molecule has 3 aromatic rings. The molecule has 1 aromatic heterocycles. The Hall–Kier alpha value is -4.91. The van der Waals surface area contributed by atoms with E-state index in [4.69, 9.17) is 14.3 Å². The van der Waals surface area contributed by atoms with Crippen molar-refractivity contribution in [3.05, 3.63) is 81.6 Å². The van der Waals surface area contributed by atoms with Gasteiger partial charge in [0.25, 0.3) is 11.6 Å². The number of carboxylic acids is 1. The summed E-state index contributed by atoms with van der Waals surface area (Å²) in [5.41, 5.74) is 0.228. The third-order valence-electron chi connectivity index (χ3n) is 4.31. The lowest BCUT2D eigenvalue weighted by Crippen LogP contribution is -2.13. The van der Waals surface area contributed by atoms with E-state index in [1.165, 1.54) is 61.7 Å². The van der Waals surface area contributed by atoms with Crippen molar-refractivity contribution in [2.45, 2.75) is 0 Å². The quantitative estimate of drug-likeness (QED) is 0.244. The Morgan fingerprint density at radius 3 is 2.66 bits per heavy atom. The van der Waals surface area contributed by atoms with Crippen molar-refractivity contribution in [3.63, 3.8) is 0 Å². The summed E-state index contributed by atoms with van der Waals surface area (Å²) in [5, 5.41) is 31.8. The van der Waals surface area contributed by atoms with Gasteiger partial charge in [-0.25, -0.2) is 4.79 Å². The van der Waals surface area contributed by atoms with E-state index in [1.54, 1.807) is 12.1 Å². The van der Waals surface area contributed by atoms with Crippen LogP contribution in [0.5, 0.6) is 5.75 Å². The SMILES string of the molecule is COc1cc([N+](=O)[O-])ccc1-c1ccc(C=C(C#N)C(=O)Nc2cccc(C(=O)O)c2)o1. The van der Waals surface area contributed by atoms with Crippen LogP contribution >= 0.6 is 0 Å². The van der Waals surface area contributed by atoms with Gasteiger partial charge in [0, 0.05) is 17.8 Å². The molecular formula is C22H15N3O7. The first-order chi connectivity index (χ1) is 15.3. The molecule has 32 heavy (non-hydrogen) atoms. The zero-order valence-electron chi connectivity index (χ0n) is 16.6. The predicted molar refractivity (Wildman–Crippen MR) is 113 cm³/mol. The minimum Gasteiger partial charge on any atom is -0.496 e. The van der Waals surface area contributed by atoms with Gasteiger partial charge in [-0.2, -0.15) is 5.26 Å². The molecular weight excluding hydrogens is 418 g/mol. The number of nitriles is 1. The van der Waals surface area contributed by atoms with Gasteiger partial charge in [-0.1, -0.05) is 6.07 Å².